The Morgan fingerprint density at radius 1 is 1.31 bits per heavy atom. The third kappa shape index (κ3) is 4.67. The molecule has 0 spiro atoms. The van der Waals surface area contributed by atoms with E-state index in [-0.39, 0.29) is 23.3 Å². The molecule has 2 aromatic heterocycles. The Balaban J connectivity index is 2.01. The summed E-state index contributed by atoms with van der Waals surface area (Å²) in [6.45, 7) is 4.56. The monoisotopic (exact) mass is 499 g/mol. The Kier molecular flexibility index (Phi) is 6.54. The summed E-state index contributed by atoms with van der Waals surface area (Å²) >= 11 is 6.32. The lowest BCUT2D eigenvalue weighted by molar-refractivity contribution is -0.142. The fourth-order valence-electron chi connectivity index (χ4n) is 2.33. The number of carbonyl (C=O) groups is 1. The van der Waals surface area contributed by atoms with Gasteiger partial charge in [0.25, 0.3) is 0 Å². The second-order valence-electron chi connectivity index (χ2n) is 5.75. The first-order valence-corrected chi connectivity index (χ1v) is 9.39. The fraction of sp³-hybridized carbons (Fsp3) is 0.533. The van der Waals surface area contributed by atoms with Crippen molar-refractivity contribution >= 4 is 37.8 Å². The average molecular weight is 501 g/mol. The maximum atomic E-state index is 12.9. The third-order valence-electron chi connectivity index (χ3n) is 3.86. The van der Waals surface area contributed by atoms with E-state index in [9.17, 15) is 18.0 Å². The van der Waals surface area contributed by atoms with Crippen molar-refractivity contribution in [1.82, 2.24) is 24.5 Å². The van der Waals surface area contributed by atoms with Crippen molar-refractivity contribution in [3.05, 3.63) is 32.2 Å². The standard InChI is InChI=1S/C15H18Br2F3N5O/c1-4-24-7-10(16)11(21-24)8-23(3)12(26)5-6-25-9(2)13(17)14(22-25)15(18,19)20/h7H,4-6,8H2,1-3H3. The van der Waals surface area contributed by atoms with Crippen molar-refractivity contribution in [3.63, 3.8) is 0 Å². The van der Waals surface area contributed by atoms with Gasteiger partial charge in [-0.3, -0.25) is 14.2 Å². The molecule has 0 N–H and O–H groups in total. The van der Waals surface area contributed by atoms with Crippen LogP contribution in [0.2, 0.25) is 0 Å². The van der Waals surface area contributed by atoms with E-state index in [0.717, 1.165) is 10.2 Å². The van der Waals surface area contributed by atoms with E-state index in [1.807, 2.05) is 13.1 Å². The summed E-state index contributed by atoms with van der Waals surface area (Å²) in [5.41, 5.74) is 0.0714. The van der Waals surface area contributed by atoms with Gasteiger partial charge in [0, 0.05) is 26.2 Å². The molecule has 0 aliphatic heterocycles. The van der Waals surface area contributed by atoms with E-state index >= 15 is 0 Å². The number of hydrogen-bond donors (Lipinski definition) is 0. The largest absolute Gasteiger partial charge is 0.436 e. The molecule has 11 heteroatoms. The zero-order valence-electron chi connectivity index (χ0n) is 14.4. The quantitative estimate of drug-likeness (QED) is 0.602. The molecule has 0 aliphatic carbocycles. The molecule has 0 fully saturated rings. The van der Waals surface area contributed by atoms with Gasteiger partial charge in [-0.05, 0) is 45.7 Å². The Morgan fingerprint density at radius 3 is 2.46 bits per heavy atom. The van der Waals surface area contributed by atoms with Gasteiger partial charge in [-0.1, -0.05) is 0 Å². The van der Waals surface area contributed by atoms with Gasteiger partial charge in [0.2, 0.25) is 5.91 Å². The van der Waals surface area contributed by atoms with E-state index in [1.165, 1.54) is 16.5 Å². The number of aryl methyl sites for hydroxylation is 2. The minimum Gasteiger partial charge on any atom is -0.340 e. The molecule has 144 valence electrons. The van der Waals surface area contributed by atoms with Crippen LogP contribution >= 0.6 is 31.9 Å². The highest BCUT2D eigenvalue weighted by Crippen LogP contribution is 2.35. The molecule has 6 nitrogen and oxygen atoms in total. The number of nitrogens with zero attached hydrogens (tertiary/aromatic N) is 5. The number of rotatable bonds is 6. The lowest BCUT2D eigenvalue weighted by Gasteiger charge is -2.16. The van der Waals surface area contributed by atoms with Crippen LogP contribution in [0.5, 0.6) is 0 Å². The zero-order valence-corrected chi connectivity index (χ0v) is 17.6. The molecule has 0 aromatic carbocycles. The van der Waals surface area contributed by atoms with Gasteiger partial charge in [0.1, 0.15) is 0 Å². The smallest absolute Gasteiger partial charge is 0.340 e. The molecule has 1 amide bonds. The number of alkyl halides is 3. The zero-order chi connectivity index (χ0) is 19.6. The summed E-state index contributed by atoms with van der Waals surface area (Å²) in [5, 5.41) is 7.93. The molecule has 0 atom stereocenters. The van der Waals surface area contributed by atoms with Crippen LogP contribution in [0.1, 0.15) is 30.4 Å². The third-order valence-corrected chi connectivity index (χ3v) is 5.48. The number of hydrogen-bond acceptors (Lipinski definition) is 3. The maximum absolute atomic E-state index is 12.9. The first-order chi connectivity index (χ1) is 12.0. The van der Waals surface area contributed by atoms with Gasteiger partial charge in [-0.25, -0.2) is 0 Å². The van der Waals surface area contributed by atoms with Crippen molar-refractivity contribution in [2.24, 2.45) is 0 Å². The molecule has 0 radical (unpaired) electrons. The van der Waals surface area contributed by atoms with Gasteiger partial charge in [-0.15, -0.1) is 0 Å². The van der Waals surface area contributed by atoms with Crippen LogP contribution < -0.4 is 0 Å². The second-order valence-corrected chi connectivity index (χ2v) is 7.40. The number of halogens is 5. The van der Waals surface area contributed by atoms with Crippen LogP contribution in [0.25, 0.3) is 0 Å². The van der Waals surface area contributed by atoms with Crippen LogP contribution in [0.4, 0.5) is 13.2 Å². The van der Waals surface area contributed by atoms with Crippen LogP contribution in [-0.2, 0) is 30.6 Å². The Hall–Kier alpha value is -1.36. The highest BCUT2D eigenvalue weighted by atomic mass is 79.9. The maximum Gasteiger partial charge on any atom is 0.436 e. The van der Waals surface area contributed by atoms with Crippen molar-refractivity contribution < 1.29 is 18.0 Å². The van der Waals surface area contributed by atoms with Crippen LogP contribution in [0, 0.1) is 6.92 Å². The lowest BCUT2D eigenvalue weighted by atomic mass is 10.3. The lowest BCUT2D eigenvalue weighted by Crippen LogP contribution is -2.27. The molecule has 2 heterocycles. The second kappa shape index (κ2) is 8.12. The number of carbonyl (C=O) groups excluding carboxylic acids is 1. The van der Waals surface area contributed by atoms with Crippen molar-refractivity contribution in [2.45, 2.75) is 46.1 Å². The molecule has 0 unspecified atom stereocenters. The molecule has 0 aliphatic rings. The van der Waals surface area contributed by atoms with Gasteiger partial charge in [-0.2, -0.15) is 23.4 Å². The summed E-state index contributed by atoms with van der Waals surface area (Å²) in [7, 11) is 1.63. The molecule has 0 saturated carbocycles. The highest BCUT2D eigenvalue weighted by molar-refractivity contribution is 9.10. The summed E-state index contributed by atoms with van der Waals surface area (Å²) in [5.74, 6) is -0.206. The predicted octanol–water partition coefficient (Wildman–Crippen LogP) is 4.00. The first kappa shape index (κ1) is 20.9. The molecule has 2 rings (SSSR count). The van der Waals surface area contributed by atoms with Gasteiger partial charge >= 0.3 is 6.18 Å². The van der Waals surface area contributed by atoms with Crippen molar-refractivity contribution in [2.75, 3.05) is 7.05 Å². The molecule has 0 bridgehead atoms. The minimum atomic E-state index is -4.54. The summed E-state index contributed by atoms with van der Waals surface area (Å²) in [4.78, 5) is 13.8. The highest BCUT2D eigenvalue weighted by Gasteiger charge is 2.37. The van der Waals surface area contributed by atoms with Gasteiger partial charge < -0.3 is 4.90 Å². The first-order valence-electron chi connectivity index (χ1n) is 7.80. The minimum absolute atomic E-state index is 0.0366. The topological polar surface area (TPSA) is 56.0 Å². The molecule has 2 aromatic rings. The molecule has 0 saturated heterocycles. The Labute approximate surface area is 165 Å². The van der Waals surface area contributed by atoms with Crippen molar-refractivity contribution in [1.29, 1.82) is 0 Å². The summed E-state index contributed by atoms with van der Waals surface area (Å²) in [6.07, 6.45) is -2.67. The van der Waals surface area contributed by atoms with Gasteiger partial charge in [0.15, 0.2) is 5.69 Å². The summed E-state index contributed by atoms with van der Waals surface area (Å²) in [6, 6.07) is 0. The van der Waals surface area contributed by atoms with E-state index in [2.05, 4.69) is 42.1 Å². The number of amides is 1. The van der Waals surface area contributed by atoms with E-state index in [1.54, 1.807) is 11.7 Å². The van der Waals surface area contributed by atoms with Crippen molar-refractivity contribution in [3.8, 4) is 0 Å². The SMILES string of the molecule is CCn1cc(Br)c(CN(C)C(=O)CCn2nc(C(F)(F)F)c(Br)c2C)n1. The van der Waals surface area contributed by atoms with Crippen LogP contribution in [0.3, 0.4) is 0 Å². The average Bonchev–Trinajstić information content (AvgIpc) is 3.06. The molecular formula is C15H18Br2F3N5O. The number of aromatic nitrogens is 4. The van der Waals surface area contributed by atoms with E-state index in [0.29, 0.717) is 18.8 Å². The Bertz CT molecular complexity index is 800. The molecular weight excluding hydrogens is 483 g/mol. The Morgan fingerprint density at radius 2 is 1.96 bits per heavy atom. The van der Waals surface area contributed by atoms with E-state index < -0.39 is 11.9 Å². The predicted molar refractivity (Wildman–Crippen MR) is 96.4 cm³/mol. The normalized spacial score (nSPS) is 11.8. The van der Waals surface area contributed by atoms with Crippen LogP contribution in [-0.4, -0.2) is 37.4 Å². The fourth-order valence-corrected chi connectivity index (χ4v) is 3.28. The molecule has 26 heavy (non-hydrogen) atoms. The van der Waals surface area contributed by atoms with Crippen LogP contribution in [0.15, 0.2) is 15.1 Å². The van der Waals surface area contributed by atoms with Gasteiger partial charge in [0.05, 0.1) is 33.4 Å². The van der Waals surface area contributed by atoms with E-state index in [4.69, 9.17) is 0 Å². The summed E-state index contributed by atoms with van der Waals surface area (Å²) < 4.78 is 42.3.